The van der Waals surface area contributed by atoms with Crippen molar-refractivity contribution in [2.75, 3.05) is 7.11 Å². The molecule has 2 nitrogen and oxygen atoms in total. The third kappa shape index (κ3) is 1.36. The first-order chi connectivity index (χ1) is 7.38. The summed E-state index contributed by atoms with van der Waals surface area (Å²) in [5.41, 5.74) is 3.94. The molecule has 1 aromatic rings. The molecule has 0 bridgehead atoms. The van der Waals surface area contributed by atoms with Gasteiger partial charge in [0, 0.05) is 5.41 Å². The monoisotopic (exact) mass is 218 g/mol. The van der Waals surface area contributed by atoms with E-state index in [-0.39, 0.29) is 11.2 Å². The fraction of sp³-hybridized carbons (Fsp3) is 0.500. The SMILES string of the molecule is COc1c(C)cc(C)c2c1C(=O)C(C)(C)C2. The van der Waals surface area contributed by atoms with Crippen molar-refractivity contribution in [1.82, 2.24) is 0 Å². The molecule has 0 heterocycles. The van der Waals surface area contributed by atoms with Gasteiger partial charge in [0.1, 0.15) is 5.75 Å². The maximum Gasteiger partial charge on any atom is 0.172 e. The Labute approximate surface area is 96.6 Å². The van der Waals surface area contributed by atoms with E-state index in [4.69, 9.17) is 4.74 Å². The van der Waals surface area contributed by atoms with Crippen molar-refractivity contribution >= 4 is 5.78 Å². The van der Waals surface area contributed by atoms with Crippen LogP contribution >= 0.6 is 0 Å². The molecule has 1 aliphatic rings. The van der Waals surface area contributed by atoms with Crippen molar-refractivity contribution in [3.63, 3.8) is 0 Å². The lowest BCUT2D eigenvalue weighted by molar-refractivity contribution is 0.0861. The number of hydrogen-bond acceptors (Lipinski definition) is 2. The Kier molecular flexibility index (Phi) is 2.33. The van der Waals surface area contributed by atoms with Crippen LogP contribution in [0.1, 0.15) is 40.9 Å². The largest absolute Gasteiger partial charge is 0.496 e. The summed E-state index contributed by atoms with van der Waals surface area (Å²) in [7, 11) is 1.64. The molecule has 0 aromatic heterocycles. The van der Waals surface area contributed by atoms with E-state index in [9.17, 15) is 4.79 Å². The van der Waals surface area contributed by atoms with Crippen LogP contribution < -0.4 is 4.74 Å². The van der Waals surface area contributed by atoms with E-state index in [0.717, 1.165) is 28.9 Å². The molecule has 0 atom stereocenters. The van der Waals surface area contributed by atoms with Crippen LogP contribution in [0.5, 0.6) is 5.75 Å². The van der Waals surface area contributed by atoms with E-state index in [1.165, 1.54) is 5.56 Å². The number of fused-ring (bicyclic) bond motifs is 1. The molecule has 2 heteroatoms. The van der Waals surface area contributed by atoms with E-state index < -0.39 is 0 Å². The number of aryl methyl sites for hydroxylation is 2. The molecular formula is C14H18O2. The number of hydrogen-bond donors (Lipinski definition) is 0. The Morgan fingerprint density at radius 1 is 1.25 bits per heavy atom. The molecule has 0 fully saturated rings. The predicted molar refractivity (Wildman–Crippen MR) is 64.3 cm³/mol. The van der Waals surface area contributed by atoms with E-state index in [1.54, 1.807) is 7.11 Å². The second-order valence-corrected chi connectivity index (χ2v) is 5.29. The maximum absolute atomic E-state index is 12.3. The summed E-state index contributed by atoms with van der Waals surface area (Å²) in [5, 5.41) is 0. The van der Waals surface area contributed by atoms with Gasteiger partial charge in [-0.15, -0.1) is 0 Å². The first-order valence-electron chi connectivity index (χ1n) is 5.60. The highest BCUT2D eigenvalue weighted by Crippen LogP contribution is 2.43. The first kappa shape index (κ1) is 11.2. The molecule has 0 amide bonds. The number of Topliss-reactive ketones (excluding diaryl/α,β-unsaturated/α-hetero) is 1. The highest BCUT2D eigenvalue weighted by molar-refractivity contribution is 6.07. The van der Waals surface area contributed by atoms with Gasteiger partial charge in [-0.2, -0.15) is 0 Å². The Balaban J connectivity index is 2.75. The quantitative estimate of drug-likeness (QED) is 0.724. The van der Waals surface area contributed by atoms with Crippen molar-refractivity contribution in [2.45, 2.75) is 34.1 Å². The standard InChI is InChI=1S/C14H18O2/c1-8-6-9(2)12(16-5)11-10(8)7-14(3,4)13(11)15/h6H,7H2,1-5H3. The summed E-state index contributed by atoms with van der Waals surface area (Å²) in [4.78, 5) is 12.3. The molecule has 2 rings (SSSR count). The first-order valence-corrected chi connectivity index (χ1v) is 5.60. The minimum Gasteiger partial charge on any atom is -0.496 e. The van der Waals surface area contributed by atoms with Crippen molar-refractivity contribution in [3.8, 4) is 5.75 Å². The average molecular weight is 218 g/mol. The number of ether oxygens (including phenoxy) is 1. The number of ketones is 1. The topological polar surface area (TPSA) is 26.3 Å². The van der Waals surface area contributed by atoms with E-state index in [1.807, 2.05) is 20.8 Å². The average Bonchev–Trinajstić information content (AvgIpc) is 2.42. The Morgan fingerprint density at radius 3 is 2.44 bits per heavy atom. The van der Waals surface area contributed by atoms with Gasteiger partial charge in [0.25, 0.3) is 0 Å². The van der Waals surface area contributed by atoms with Crippen LogP contribution in [0.2, 0.25) is 0 Å². The third-order valence-corrected chi connectivity index (χ3v) is 3.46. The minimum absolute atomic E-state index is 0.214. The second-order valence-electron chi connectivity index (χ2n) is 5.29. The summed E-state index contributed by atoms with van der Waals surface area (Å²) >= 11 is 0. The Morgan fingerprint density at radius 2 is 1.88 bits per heavy atom. The van der Waals surface area contributed by atoms with Crippen LogP contribution in [0.25, 0.3) is 0 Å². The molecule has 0 unspecified atom stereocenters. The van der Waals surface area contributed by atoms with Gasteiger partial charge in [-0.25, -0.2) is 0 Å². The molecule has 16 heavy (non-hydrogen) atoms. The maximum atomic E-state index is 12.3. The van der Waals surface area contributed by atoms with Gasteiger partial charge in [0.2, 0.25) is 0 Å². The van der Waals surface area contributed by atoms with Crippen molar-refractivity contribution in [2.24, 2.45) is 5.41 Å². The summed E-state index contributed by atoms with van der Waals surface area (Å²) in [6.07, 6.45) is 0.823. The lowest BCUT2D eigenvalue weighted by Crippen LogP contribution is -2.19. The van der Waals surface area contributed by atoms with Crippen LogP contribution in [-0.4, -0.2) is 12.9 Å². The van der Waals surface area contributed by atoms with E-state index in [2.05, 4.69) is 13.0 Å². The molecule has 0 aliphatic heterocycles. The molecular weight excluding hydrogens is 200 g/mol. The lowest BCUT2D eigenvalue weighted by Gasteiger charge is -2.14. The van der Waals surface area contributed by atoms with Crippen molar-refractivity contribution < 1.29 is 9.53 Å². The van der Waals surface area contributed by atoms with Gasteiger partial charge in [0.15, 0.2) is 5.78 Å². The summed E-state index contributed by atoms with van der Waals surface area (Å²) in [6, 6.07) is 2.10. The molecule has 0 radical (unpaired) electrons. The Bertz CT molecular complexity index is 470. The third-order valence-electron chi connectivity index (χ3n) is 3.46. The summed E-state index contributed by atoms with van der Waals surface area (Å²) in [5.74, 6) is 0.974. The predicted octanol–water partition coefficient (Wildman–Crippen LogP) is 3.08. The van der Waals surface area contributed by atoms with Gasteiger partial charge in [0.05, 0.1) is 12.7 Å². The summed E-state index contributed by atoms with van der Waals surface area (Å²) < 4.78 is 5.39. The smallest absolute Gasteiger partial charge is 0.172 e. The van der Waals surface area contributed by atoms with Crippen LogP contribution in [-0.2, 0) is 6.42 Å². The molecule has 1 aliphatic carbocycles. The van der Waals surface area contributed by atoms with Gasteiger partial charge in [-0.3, -0.25) is 4.79 Å². The molecule has 0 N–H and O–H groups in total. The van der Waals surface area contributed by atoms with Crippen LogP contribution in [0.3, 0.4) is 0 Å². The van der Waals surface area contributed by atoms with Gasteiger partial charge < -0.3 is 4.74 Å². The number of benzene rings is 1. The van der Waals surface area contributed by atoms with Gasteiger partial charge >= 0.3 is 0 Å². The molecule has 0 spiro atoms. The van der Waals surface area contributed by atoms with Gasteiger partial charge in [-0.1, -0.05) is 19.9 Å². The highest BCUT2D eigenvalue weighted by atomic mass is 16.5. The Hall–Kier alpha value is -1.31. The lowest BCUT2D eigenvalue weighted by atomic mass is 9.89. The molecule has 86 valence electrons. The van der Waals surface area contributed by atoms with Crippen molar-refractivity contribution in [3.05, 3.63) is 28.3 Å². The zero-order valence-electron chi connectivity index (χ0n) is 10.6. The fourth-order valence-corrected chi connectivity index (χ4v) is 2.60. The van der Waals surface area contributed by atoms with Gasteiger partial charge in [-0.05, 0) is 37.0 Å². The zero-order chi connectivity index (χ0) is 12.1. The number of rotatable bonds is 1. The zero-order valence-corrected chi connectivity index (χ0v) is 10.6. The van der Waals surface area contributed by atoms with Crippen molar-refractivity contribution in [1.29, 1.82) is 0 Å². The number of carbonyl (C=O) groups is 1. The molecule has 1 aromatic carbocycles. The van der Waals surface area contributed by atoms with E-state index >= 15 is 0 Å². The number of carbonyl (C=O) groups excluding carboxylic acids is 1. The second kappa shape index (κ2) is 3.34. The molecule has 0 saturated heterocycles. The summed E-state index contributed by atoms with van der Waals surface area (Å²) in [6.45, 7) is 8.07. The van der Waals surface area contributed by atoms with Crippen LogP contribution in [0, 0.1) is 19.3 Å². The fourth-order valence-electron chi connectivity index (χ4n) is 2.60. The van der Waals surface area contributed by atoms with Crippen LogP contribution in [0.15, 0.2) is 6.07 Å². The van der Waals surface area contributed by atoms with E-state index in [0.29, 0.717) is 0 Å². The highest BCUT2D eigenvalue weighted by Gasteiger charge is 2.40. The van der Waals surface area contributed by atoms with Crippen LogP contribution in [0.4, 0.5) is 0 Å². The molecule has 0 saturated carbocycles. The minimum atomic E-state index is -0.284. The number of methoxy groups -OCH3 is 1. The normalized spacial score (nSPS) is 17.4.